The van der Waals surface area contributed by atoms with Gasteiger partial charge in [0.05, 0.1) is 0 Å². The Morgan fingerprint density at radius 2 is 0.804 bits per heavy atom. The van der Waals surface area contributed by atoms with Crippen molar-refractivity contribution in [1.29, 1.82) is 0 Å². The van der Waals surface area contributed by atoms with Gasteiger partial charge in [-0.3, -0.25) is 14.4 Å². The van der Waals surface area contributed by atoms with Crippen LogP contribution in [0.3, 0.4) is 0 Å². The van der Waals surface area contributed by atoms with Crippen LogP contribution >= 0.6 is 0 Å². The fourth-order valence-corrected chi connectivity index (χ4v) is 5.10. The first-order valence-electron chi connectivity index (χ1n) is 20.4. The van der Waals surface area contributed by atoms with E-state index in [2.05, 4.69) is 93.7 Å². The maximum absolute atomic E-state index is 12.6. The van der Waals surface area contributed by atoms with Gasteiger partial charge in [-0.05, 0) is 77.0 Å². The highest BCUT2D eigenvalue weighted by atomic mass is 16.6. The number of unbranched alkanes of at least 4 members (excludes halogenated alkanes) is 12. The zero-order chi connectivity index (χ0) is 37.3. The molecule has 0 saturated carbocycles. The summed E-state index contributed by atoms with van der Waals surface area (Å²) in [5.41, 5.74) is 0. The second-order valence-electron chi connectivity index (χ2n) is 13.2. The van der Waals surface area contributed by atoms with Crippen molar-refractivity contribution < 1.29 is 28.6 Å². The highest BCUT2D eigenvalue weighted by molar-refractivity contribution is 5.71. The lowest BCUT2D eigenvalue weighted by atomic mass is 10.1. The third-order valence-corrected chi connectivity index (χ3v) is 8.20. The Kier molecular flexibility index (Phi) is 37.2. The number of allylic oxidation sites excluding steroid dienone is 12. The van der Waals surface area contributed by atoms with Crippen molar-refractivity contribution in [3.8, 4) is 0 Å². The summed E-state index contributed by atoms with van der Waals surface area (Å²) in [7, 11) is 0. The van der Waals surface area contributed by atoms with Crippen molar-refractivity contribution in [2.24, 2.45) is 0 Å². The van der Waals surface area contributed by atoms with Gasteiger partial charge >= 0.3 is 17.9 Å². The Labute approximate surface area is 312 Å². The molecule has 0 aromatic rings. The van der Waals surface area contributed by atoms with E-state index in [0.29, 0.717) is 19.3 Å². The number of hydrogen-bond donors (Lipinski definition) is 0. The number of carbonyl (C=O) groups is 3. The topological polar surface area (TPSA) is 78.9 Å². The summed E-state index contributed by atoms with van der Waals surface area (Å²) in [6, 6.07) is 0. The third kappa shape index (κ3) is 37.9. The summed E-state index contributed by atoms with van der Waals surface area (Å²) in [5, 5.41) is 0. The van der Waals surface area contributed by atoms with Crippen molar-refractivity contribution in [3.05, 3.63) is 72.9 Å². The molecule has 6 heteroatoms. The van der Waals surface area contributed by atoms with Gasteiger partial charge in [-0.2, -0.15) is 0 Å². The molecule has 0 heterocycles. The molecular weight excluding hydrogens is 636 g/mol. The maximum atomic E-state index is 12.6. The molecule has 0 rings (SSSR count). The predicted octanol–water partition coefficient (Wildman–Crippen LogP) is 12.7. The van der Waals surface area contributed by atoms with E-state index in [4.69, 9.17) is 14.2 Å². The highest BCUT2D eigenvalue weighted by Crippen LogP contribution is 2.11. The van der Waals surface area contributed by atoms with E-state index in [-0.39, 0.29) is 37.5 Å². The summed E-state index contributed by atoms with van der Waals surface area (Å²) in [5.74, 6) is -0.995. The number of hydrogen-bond acceptors (Lipinski definition) is 6. The molecule has 0 N–H and O–H groups in total. The van der Waals surface area contributed by atoms with Crippen LogP contribution in [-0.4, -0.2) is 37.2 Å². The van der Waals surface area contributed by atoms with Crippen LogP contribution in [0.5, 0.6) is 0 Å². The molecule has 6 nitrogen and oxygen atoms in total. The van der Waals surface area contributed by atoms with Crippen LogP contribution in [-0.2, 0) is 28.6 Å². The normalized spacial score (nSPS) is 12.8. The molecule has 0 aliphatic carbocycles. The molecule has 0 saturated heterocycles. The van der Waals surface area contributed by atoms with Crippen molar-refractivity contribution in [2.75, 3.05) is 13.2 Å². The summed E-state index contributed by atoms with van der Waals surface area (Å²) >= 11 is 0. The minimum absolute atomic E-state index is 0.0986. The predicted molar refractivity (Wildman–Crippen MR) is 214 cm³/mol. The van der Waals surface area contributed by atoms with Gasteiger partial charge in [0.2, 0.25) is 0 Å². The first-order chi connectivity index (χ1) is 25.0. The zero-order valence-corrected chi connectivity index (χ0v) is 32.8. The fraction of sp³-hybridized carbons (Fsp3) is 0.667. The van der Waals surface area contributed by atoms with Gasteiger partial charge in [0.1, 0.15) is 13.2 Å². The van der Waals surface area contributed by atoms with Crippen LogP contribution in [0.25, 0.3) is 0 Å². The largest absolute Gasteiger partial charge is 0.462 e. The minimum atomic E-state index is -0.795. The van der Waals surface area contributed by atoms with Crippen molar-refractivity contribution in [3.63, 3.8) is 0 Å². The van der Waals surface area contributed by atoms with Crippen molar-refractivity contribution >= 4 is 17.9 Å². The van der Waals surface area contributed by atoms with E-state index in [0.717, 1.165) is 103 Å². The van der Waals surface area contributed by atoms with Gasteiger partial charge in [-0.1, -0.05) is 151 Å². The number of esters is 3. The molecule has 51 heavy (non-hydrogen) atoms. The second-order valence-corrected chi connectivity index (χ2v) is 13.2. The highest BCUT2D eigenvalue weighted by Gasteiger charge is 2.19. The van der Waals surface area contributed by atoms with Gasteiger partial charge in [-0.15, -0.1) is 0 Å². The molecule has 0 aliphatic heterocycles. The summed E-state index contributed by atoms with van der Waals surface area (Å²) in [4.78, 5) is 37.3. The molecule has 1 atom stereocenters. The average Bonchev–Trinajstić information content (AvgIpc) is 3.12. The average molecular weight is 711 g/mol. The second kappa shape index (κ2) is 39.6. The number of carbonyl (C=O) groups excluding carboxylic acids is 3. The molecule has 290 valence electrons. The molecular formula is C45H74O6. The van der Waals surface area contributed by atoms with Crippen LogP contribution in [0.1, 0.15) is 175 Å². The Balaban J connectivity index is 4.38. The van der Waals surface area contributed by atoms with Gasteiger partial charge in [0.25, 0.3) is 0 Å². The van der Waals surface area contributed by atoms with Gasteiger partial charge in [0.15, 0.2) is 6.10 Å². The van der Waals surface area contributed by atoms with Crippen molar-refractivity contribution in [1.82, 2.24) is 0 Å². The molecule has 0 aromatic carbocycles. The molecule has 0 aliphatic rings. The maximum Gasteiger partial charge on any atom is 0.306 e. The first kappa shape index (κ1) is 47.8. The summed E-state index contributed by atoms with van der Waals surface area (Å²) < 4.78 is 16.5. The molecule has 0 bridgehead atoms. The monoisotopic (exact) mass is 711 g/mol. The van der Waals surface area contributed by atoms with Crippen LogP contribution in [0.4, 0.5) is 0 Å². The lowest BCUT2D eigenvalue weighted by Crippen LogP contribution is -2.30. The molecule has 0 spiro atoms. The van der Waals surface area contributed by atoms with E-state index in [1.165, 1.54) is 25.7 Å². The Bertz CT molecular complexity index is 1000. The van der Waals surface area contributed by atoms with Gasteiger partial charge in [-0.25, -0.2) is 0 Å². The molecule has 0 fully saturated rings. The fourth-order valence-electron chi connectivity index (χ4n) is 5.10. The Morgan fingerprint density at radius 1 is 0.412 bits per heavy atom. The molecule has 1 unspecified atom stereocenters. The van der Waals surface area contributed by atoms with Gasteiger partial charge in [0, 0.05) is 19.3 Å². The lowest BCUT2D eigenvalue weighted by Gasteiger charge is -2.18. The van der Waals surface area contributed by atoms with Crippen LogP contribution in [0.2, 0.25) is 0 Å². The SMILES string of the molecule is CC/C=C\C/C=C\C/C=C\C/C=C\C/C=C\CCCC(=O)OCC(COC(=O)CCCCCCC)OC(=O)CCCCCCC/C=C\CCCC. The molecule has 0 radical (unpaired) electrons. The van der Waals surface area contributed by atoms with Crippen molar-refractivity contribution in [2.45, 2.75) is 181 Å². The summed E-state index contributed by atoms with van der Waals surface area (Å²) in [6.07, 6.45) is 47.8. The quantitative estimate of drug-likeness (QED) is 0.0282. The van der Waals surface area contributed by atoms with E-state index in [9.17, 15) is 14.4 Å². The van der Waals surface area contributed by atoms with E-state index in [1.54, 1.807) is 0 Å². The number of rotatable bonds is 35. The molecule has 0 amide bonds. The van der Waals surface area contributed by atoms with Gasteiger partial charge < -0.3 is 14.2 Å². The summed E-state index contributed by atoms with van der Waals surface area (Å²) in [6.45, 7) is 6.30. The smallest absolute Gasteiger partial charge is 0.306 e. The van der Waals surface area contributed by atoms with E-state index >= 15 is 0 Å². The number of ether oxygens (including phenoxy) is 3. The zero-order valence-electron chi connectivity index (χ0n) is 32.8. The first-order valence-corrected chi connectivity index (χ1v) is 20.4. The van der Waals surface area contributed by atoms with E-state index < -0.39 is 6.10 Å². The minimum Gasteiger partial charge on any atom is -0.462 e. The van der Waals surface area contributed by atoms with E-state index in [1.807, 2.05) is 0 Å². The van der Waals surface area contributed by atoms with Crippen LogP contribution in [0, 0.1) is 0 Å². The lowest BCUT2D eigenvalue weighted by molar-refractivity contribution is -0.167. The third-order valence-electron chi connectivity index (χ3n) is 8.20. The standard InChI is InChI=1S/C45H74O6/c1-4-7-10-13-15-17-19-20-21-22-23-24-26-27-29-32-35-38-44(47)50-41-42(40-49-43(46)37-34-31-12-9-6-3)51-45(48)39-36-33-30-28-25-18-16-14-11-8-5-2/h7,10,14-17,20-21,23-24,27,29,42H,4-6,8-9,11-13,18-19,22,25-26,28,30-41H2,1-3H3/b10-7-,16-14-,17-15-,21-20-,24-23-,29-27-. The van der Waals surface area contributed by atoms with Crippen LogP contribution < -0.4 is 0 Å². The van der Waals surface area contributed by atoms with Crippen LogP contribution in [0.15, 0.2) is 72.9 Å². The molecule has 0 aromatic heterocycles. The Hall–Kier alpha value is -3.15. The Morgan fingerprint density at radius 3 is 1.35 bits per heavy atom.